The van der Waals surface area contributed by atoms with Crippen molar-refractivity contribution in [3.05, 3.63) is 53.6 Å². The molecule has 0 saturated heterocycles. The van der Waals surface area contributed by atoms with Gasteiger partial charge in [0.05, 0.1) is 32.6 Å². The summed E-state index contributed by atoms with van der Waals surface area (Å²) < 4.78 is 17.3. The van der Waals surface area contributed by atoms with Gasteiger partial charge in [-0.3, -0.25) is 4.79 Å². The van der Waals surface area contributed by atoms with Gasteiger partial charge in [-0.2, -0.15) is 0 Å². The first-order chi connectivity index (χ1) is 14.1. The Hall–Kier alpha value is -2.23. The predicted octanol–water partition coefficient (Wildman–Crippen LogP) is 4.83. The summed E-state index contributed by atoms with van der Waals surface area (Å²) in [4.78, 5) is 12.6. The summed E-state index contributed by atoms with van der Waals surface area (Å²) in [6.07, 6.45) is 0. The second kappa shape index (κ2) is 10.5. The number of ether oxygens (including phenoxy) is 3. The molecule has 0 spiro atoms. The number of ketones is 1. The van der Waals surface area contributed by atoms with Gasteiger partial charge in [0, 0.05) is 5.75 Å². The van der Waals surface area contributed by atoms with Crippen LogP contribution in [0, 0.1) is 0 Å². The van der Waals surface area contributed by atoms with E-state index in [0.29, 0.717) is 17.1 Å². The molecule has 0 unspecified atom stereocenters. The van der Waals surface area contributed by atoms with Gasteiger partial charge in [0.1, 0.15) is 17.2 Å². The molecular formula is C20H20N2O4S3. The molecule has 0 bridgehead atoms. The van der Waals surface area contributed by atoms with Crippen molar-refractivity contribution in [3.8, 4) is 17.2 Å². The van der Waals surface area contributed by atoms with Crippen LogP contribution in [0.5, 0.6) is 17.2 Å². The largest absolute Gasteiger partial charge is 0.497 e. The normalized spacial score (nSPS) is 10.6. The maximum absolute atomic E-state index is 12.6. The minimum atomic E-state index is -0.0478. The third-order valence-corrected chi connectivity index (χ3v) is 7.20. The highest BCUT2D eigenvalue weighted by atomic mass is 32.2. The fourth-order valence-corrected chi connectivity index (χ4v) is 5.28. The molecule has 1 aromatic heterocycles. The van der Waals surface area contributed by atoms with Gasteiger partial charge in [0.15, 0.2) is 14.5 Å². The maximum Gasteiger partial charge on any atom is 0.177 e. The number of methoxy groups -OCH3 is 3. The Morgan fingerprint density at radius 3 is 2.21 bits per heavy atom. The molecule has 0 aliphatic carbocycles. The summed E-state index contributed by atoms with van der Waals surface area (Å²) in [7, 11) is 4.76. The van der Waals surface area contributed by atoms with Gasteiger partial charge in [-0.25, -0.2) is 0 Å². The first-order valence-corrected chi connectivity index (χ1v) is 11.4. The zero-order valence-electron chi connectivity index (χ0n) is 16.2. The lowest BCUT2D eigenvalue weighted by atomic mass is 10.1. The summed E-state index contributed by atoms with van der Waals surface area (Å²) in [6, 6.07) is 13.1. The molecule has 0 atom stereocenters. The maximum atomic E-state index is 12.6. The predicted molar refractivity (Wildman–Crippen MR) is 117 cm³/mol. The van der Waals surface area contributed by atoms with Crippen LogP contribution in [0.4, 0.5) is 0 Å². The summed E-state index contributed by atoms with van der Waals surface area (Å²) in [5.74, 6) is 2.99. The molecule has 0 radical (unpaired) electrons. The fourth-order valence-electron chi connectivity index (χ4n) is 2.42. The zero-order chi connectivity index (χ0) is 20.6. The van der Waals surface area contributed by atoms with Crippen molar-refractivity contribution in [2.75, 3.05) is 27.1 Å². The number of carbonyl (C=O) groups is 1. The highest BCUT2D eigenvalue weighted by Crippen LogP contribution is 2.32. The van der Waals surface area contributed by atoms with Gasteiger partial charge < -0.3 is 14.2 Å². The first kappa shape index (κ1) is 21.5. The highest BCUT2D eigenvalue weighted by molar-refractivity contribution is 8.03. The number of rotatable bonds is 10. The lowest BCUT2D eigenvalue weighted by Crippen LogP contribution is -2.05. The average Bonchev–Trinajstić information content (AvgIpc) is 3.23. The van der Waals surface area contributed by atoms with Crippen LogP contribution in [0.2, 0.25) is 0 Å². The third kappa shape index (κ3) is 5.88. The number of hydrogen-bond donors (Lipinski definition) is 0. The van der Waals surface area contributed by atoms with Crippen LogP contribution < -0.4 is 14.2 Å². The molecule has 0 amide bonds. The molecule has 3 rings (SSSR count). The van der Waals surface area contributed by atoms with Crippen LogP contribution in [0.1, 0.15) is 15.9 Å². The molecule has 2 aromatic carbocycles. The molecule has 0 fully saturated rings. The van der Waals surface area contributed by atoms with Gasteiger partial charge >= 0.3 is 0 Å². The summed E-state index contributed by atoms with van der Waals surface area (Å²) in [5, 5.41) is 8.39. The minimum Gasteiger partial charge on any atom is -0.497 e. The Balaban J connectivity index is 1.55. The van der Waals surface area contributed by atoms with E-state index in [1.54, 1.807) is 51.3 Å². The van der Waals surface area contributed by atoms with Crippen molar-refractivity contribution in [2.24, 2.45) is 0 Å². The monoisotopic (exact) mass is 448 g/mol. The molecule has 152 valence electrons. The summed E-state index contributed by atoms with van der Waals surface area (Å²) >= 11 is 4.48. The molecule has 6 nitrogen and oxygen atoms in total. The Labute approximate surface area is 182 Å². The van der Waals surface area contributed by atoms with Gasteiger partial charge in [0.25, 0.3) is 0 Å². The number of benzene rings is 2. The Morgan fingerprint density at radius 1 is 0.897 bits per heavy atom. The molecule has 0 saturated carbocycles. The Morgan fingerprint density at radius 2 is 1.55 bits per heavy atom. The average molecular weight is 449 g/mol. The zero-order valence-corrected chi connectivity index (χ0v) is 18.7. The molecule has 1 heterocycles. The van der Waals surface area contributed by atoms with Gasteiger partial charge in [0.2, 0.25) is 0 Å². The number of hydrogen-bond acceptors (Lipinski definition) is 9. The van der Waals surface area contributed by atoms with E-state index in [1.807, 2.05) is 24.3 Å². The van der Waals surface area contributed by atoms with E-state index in [1.165, 1.54) is 28.7 Å². The van der Waals surface area contributed by atoms with Gasteiger partial charge in [-0.1, -0.05) is 47.0 Å². The highest BCUT2D eigenvalue weighted by Gasteiger charge is 2.15. The Bertz CT molecular complexity index is 961. The molecule has 3 aromatic rings. The van der Waals surface area contributed by atoms with E-state index < -0.39 is 0 Å². The van der Waals surface area contributed by atoms with E-state index >= 15 is 0 Å². The quantitative estimate of drug-likeness (QED) is 0.323. The molecule has 29 heavy (non-hydrogen) atoms. The van der Waals surface area contributed by atoms with E-state index in [9.17, 15) is 4.79 Å². The lowest BCUT2D eigenvalue weighted by molar-refractivity contribution is 0.101. The summed E-state index contributed by atoms with van der Waals surface area (Å²) in [6.45, 7) is 0. The topological polar surface area (TPSA) is 70.5 Å². The van der Waals surface area contributed by atoms with Crippen LogP contribution in [0.25, 0.3) is 0 Å². The van der Waals surface area contributed by atoms with Crippen molar-refractivity contribution in [1.82, 2.24) is 10.2 Å². The third-order valence-electron chi connectivity index (χ3n) is 3.94. The van der Waals surface area contributed by atoms with E-state index in [-0.39, 0.29) is 11.5 Å². The molecule has 0 aliphatic heterocycles. The molecule has 0 aliphatic rings. The second-order valence-electron chi connectivity index (χ2n) is 5.75. The number of nitrogens with zero attached hydrogens (tertiary/aromatic N) is 2. The summed E-state index contributed by atoms with van der Waals surface area (Å²) in [5.41, 5.74) is 1.68. The number of carbonyl (C=O) groups excluding carboxylic acids is 1. The van der Waals surface area contributed by atoms with Crippen molar-refractivity contribution >= 4 is 40.6 Å². The van der Waals surface area contributed by atoms with Crippen LogP contribution in [0.15, 0.2) is 51.1 Å². The van der Waals surface area contributed by atoms with Crippen molar-refractivity contribution in [1.29, 1.82) is 0 Å². The SMILES string of the molecule is COc1ccc(CSc2nnc(SCC(=O)c3cc(OC)ccc3OC)s2)cc1. The van der Waals surface area contributed by atoms with E-state index in [0.717, 1.165) is 20.2 Å². The second-order valence-corrected chi connectivity index (χ2v) is 9.17. The van der Waals surface area contributed by atoms with E-state index in [4.69, 9.17) is 14.2 Å². The Kier molecular flexibility index (Phi) is 7.79. The fraction of sp³-hybridized carbons (Fsp3) is 0.250. The van der Waals surface area contributed by atoms with Crippen molar-refractivity contribution < 1.29 is 19.0 Å². The standard InChI is InChI=1S/C20H20N2O4S3/c1-24-14-6-4-13(5-7-14)11-27-19-21-22-20(29-19)28-12-17(23)16-10-15(25-2)8-9-18(16)26-3/h4-10H,11-12H2,1-3H3. The lowest BCUT2D eigenvalue weighted by Gasteiger charge is -2.09. The number of aromatic nitrogens is 2. The van der Waals surface area contributed by atoms with Gasteiger partial charge in [-0.15, -0.1) is 10.2 Å². The number of Topliss-reactive ketones (excluding diaryl/α,β-unsaturated/α-hetero) is 1. The number of thioether (sulfide) groups is 2. The van der Waals surface area contributed by atoms with Gasteiger partial charge in [-0.05, 0) is 35.9 Å². The molecular weight excluding hydrogens is 428 g/mol. The first-order valence-electron chi connectivity index (χ1n) is 8.60. The van der Waals surface area contributed by atoms with Crippen molar-refractivity contribution in [3.63, 3.8) is 0 Å². The van der Waals surface area contributed by atoms with Crippen LogP contribution in [-0.4, -0.2) is 43.1 Å². The van der Waals surface area contributed by atoms with Crippen LogP contribution >= 0.6 is 34.9 Å². The molecule has 0 N–H and O–H groups in total. The minimum absolute atomic E-state index is 0.0478. The van der Waals surface area contributed by atoms with E-state index in [2.05, 4.69) is 10.2 Å². The molecule has 9 heteroatoms. The smallest absolute Gasteiger partial charge is 0.177 e. The van der Waals surface area contributed by atoms with Crippen LogP contribution in [-0.2, 0) is 5.75 Å². The van der Waals surface area contributed by atoms with Crippen molar-refractivity contribution in [2.45, 2.75) is 14.4 Å². The van der Waals surface area contributed by atoms with Crippen LogP contribution in [0.3, 0.4) is 0 Å².